The van der Waals surface area contributed by atoms with Crippen LogP contribution in [0.2, 0.25) is 0 Å². The lowest BCUT2D eigenvalue weighted by Gasteiger charge is -2.19. The van der Waals surface area contributed by atoms with E-state index in [4.69, 9.17) is 9.47 Å². The van der Waals surface area contributed by atoms with Crippen LogP contribution in [0.15, 0.2) is 36.5 Å². The topological polar surface area (TPSA) is 97.8 Å². The lowest BCUT2D eigenvalue weighted by Crippen LogP contribution is -2.33. The number of ether oxygens (including phenoxy) is 2. The molecule has 3 heterocycles. The number of fused-ring (bicyclic) bond motifs is 2. The van der Waals surface area contributed by atoms with Crippen molar-refractivity contribution >= 4 is 23.4 Å². The van der Waals surface area contributed by atoms with Crippen molar-refractivity contribution in [1.82, 2.24) is 9.88 Å². The maximum Gasteiger partial charge on any atom is 0.280 e. The van der Waals surface area contributed by atoms with Gasteiger partial charge in [-0.25, -0.2) is 0 Å². The van der Waals surface area contributed by atoms with Crippen molar-refractivity contribution in [3.63, 3.8) is 0 Å². The van der Waals surface area contributed by atoms with Crippen LogP contribution in [0.25, 0.3) is 0 Å². The molecule has 8 heteroatoms. The summed E-state index contributed by atoms with van der Waals surface area (Å²) >= 11 is 0. The fourth-order valence-corrected chi connectivity index (χ4v) is 2.87. The largest absolute Gasteiger partial charge is 0.486 e. The van der Waals surface area contributed by atoms with Crippen molar-refractivity contribution in [2.75, 3.05) is 25.1 Å². The van der Waals surface area contributed by atoms with E-state index in [0.29, 0.717) is 30.4 Å². The third-order valence-electron chi connectivity index (χ3n) is 4.12. The first-order valence-electron chi connectivity index (χ1n) is 8.14. The molecule has 1 N–H and O–H groups in total. The summed E-state index contributed by atoms with van der Waals surface area (Å²) in [5.41, 5.74) is 0.956. The number of hydrogen-bond acceptors (Lipinski definition) is 6. The van der Waals surface area contributed by atoms with E-state index < -0.39 is 11.8 Å². The number of anilines is 1. The summed E-state index contributed by atoms with van der Waals surface area (Å²) in [6.45, 7) is 0.941. The summed E-state index contributed by atoms with van der Waals surface area (Å²) in [5, 5.41) is 2.73. The highest BCUT2D eigenvalue weighted by atomic mass is 16.6. The predicted octanol–water partition coefficient (Wildman–Crippen LogP) is 1.48. The van der Waals surface area contributed by atoms with Crippen molar-refractivity contribution in [3.8, 4) is 11.5 Å². The summed E-state index contributed by atoms with van der Waals surface area (Å²) in [4.78, 5) is 41.6. The third kappa shape index (κ3) is 2.85. The molecule has 4 rings (SSSR count). The van der Waals surface area contributed by atoms with E-state index in [2.05, 4.69) is 10.3 Å². The molecular weight excluding hydrogens is 338 g/mol. The average molecular weight is 353 g/mol. The standard InChI is InChI=1S/C18H15N3O5/c22-15(20-11-3-4-13-14(10-11)26-9-8-25-13)5-7-21-17(23)12-2-1-6-19-16(12)18(21)24/h1-4,6,10H,5,7-9H2,(H,20,22). The Balaban J connectivity index is 1.38. The molecule has 26 heavy (non-hydrogen) atoms. The van der Waals surface area contributed by atoms with Crippen LogP contribution in [0.5, 0.6) is 11.5 Å². The highest BCUT2D eigenvalue weighted by Crippen LogP contribution is 2.32. The van der Waals surface area contributed by atoms with Crippen molar-refractivity contribution in [3.05, 3.63) is 47.8 Å². The minimum atomic E-state index is -0.474. The fraction of sp³-hybridized carbons (Fsp3) is 0.222. The summed E-state index contributed by atoms with van der Waals surface area (Å²) in [6, 6.07) is 8.26. The lowest BCUT2D eigenvalue weighted by molar-refractivity contribution is -0.116. The Morgan fingerprint density at radius 3 is 2.73 bits per heavy atom. The van der Waals surface area contributed by atoms with Gasteiger partial charge in [0.25, 0.3) is 11.8 Å². The lowest BCUT2D eigenvalue weighted by atomic mass is 10.2. The number of carbonyl (C=O) groups excluding carboxylic acids is 3. The Hall–Kier alpha value is -3.42. The number of carbonyl (C=O) groups is 3. The van der Waals surface area contributed by atoms with Crippen LogP contribution in [-0.4, -0.2) is 47.4 Å². The van der Waals surface area contributed by atoms with Crippen LogP contribution in [-0.2, 0) is 4.79 Å². The van der Waals surface area contributed by atoms with E-state index >= 15 is 0 Å². The van der Waals surface area contributed by atoms with E-state index in [1.165, 1.54) is 6.20 Å². The van der Waals surface area contributed by atoms with E-state index in [9.17, 15) is 14.4 Å². The molecule has 0 radical (unpaired) electrons. The normalized spacial score (nSPS) is 15.0. The predicted molar refractivity (Wildman–Crippen MR) is 90.3 cm³/mol. The van der Waals surface area contributed by atoms with Crippen LogP contribution in [0.3, 0.4) is 0 Å². The van der Waals surface area contributed by atoms with Gasteiger partial charge in [0.2, 0.25) is 5.91 Å². The summed E-state index contributed by atoms with van der Waals surface area (Å²) in [6.07, 6.45) is 1.45. The van der Waals surface area contributed by atoms with Gasteiger partial charge in [-0.15, -0.1) is 0 Å². The van der Waals surface area contributed by atoms with Gasteiger partial charge in [-0.2, -0.15) is 0 Å². The van der Waals surface area contributed by atoms with Crippen LogP contribution < -0.4 is 14.8 Å². The van der Waals surface area contributed by atoms with E-state index in [0.717, 1.165) is 4.90 Å². The highest BCUT2D eigenvalue weighted by Gasteiger charge is 2.36. The zero-order valence-electron chi connectivity index (χ0n) is 13.7. The van der Waals surface area contributed by atoms with Crippen LogP contribution >= 0.6 is 0 Å². The number of benzene rings is 1. The zero-order chi connectivity index (χ0) is 18.1. The summed E-state index contributed by atoms with van der Waals surface area (Å²) in [5.74, 6) is -0.0117. The molecule has 0 unspecified atom stereocenters. The Kier molecular flexibility index (Phi) is 4.00. The van der Waals surface area contributed by atoms with Crippen molar-refractivity contribution in [1.29, 1.82) is 0 Å². The second-order valence-electron chi connectivity index (χ2n) is 5.82. The number of pyridine rings is 1. The number of hydrogen-bond donors (Lipinski definition) is 1. The Morgan fingerprint density at radius 2 is 1.92 bits per heavy atom. The third-order valence-corrected chi connectivity index (χ3v) is 4.12. The van der Waals surface area contributed by atoms with Gasteiger partial charge in [-0.05, 0) is 24.3 Å². The number of aromatic nitrogens is 1. The molecular formula is C18H15N3O5. The number of rotatable bonds is 4. The molecule has 8 nitrogen and oxygen atoms in total. The molecule has 0 bridgehead atoms. The monoisotopic (exact) mass is 353 g/mol. The highest BCUT2D eigenvalue weighted by molar-refractivity contribution is 6.20. The van der Waals surface area contributed by atoms with Gasteiger partial charge in [0.05, 0.1) is 5.56 Å². The van der Waals surface area contributed by atoms with Gasteiger partial charge in [0.15, 0.2) is 11.5 Å². The fourth-order valence-electron chi connectivity index (χ4n) is 2.87. The molecule has 2 aromatic rings. The Bertz CT molecular complexity index is 876. The van der Waals surface area contributed by atoms with Crippen molar-refractivity contribution in [2.24, 2.45) is 0 Å². The molecule has 2 aliphatic heterocycles. The van der Waals surface area contributed by atoms with Gasteiger partial charge < -0.3 is 14.8 Å². The van der Waals surface area contributed by atoms with Gasteiger partial charge in [-0.1, -0.05) is 0 Å². The molecule has 2 aliphatic rings. The van der Waals surface area contributed by atoms with Crippen LogP contribution in [0.1, 0.15) is 27.3 Å². The summed E-state index contributed by atoms with van der Waals surface area (Å²) < 4.78 is 10.9. The zero-order valence-corrected chi connectivity index (χ0v) is 13.7. The molecule has 0 saturated heterocycles. The molecule has 0 saturated carbocycles. The van der Waals surface area contributed by atoms with Gasteiger partial charge >= 0.3 is 0 Å². The van der Waals surface area contributed by atoms with E-state index in [1.54, 1.807) is 30.3 Å². The molecule has 0 aliphatic carbocycles. The second kappa shape index (κ2) is 6.47. The first kappa shape index (κ1) is 16.1. The Labute approximate surface area is 148 Å². The van der Waals surface area contributed by atoms with Crippen LogP contribution in [0, 0.1) is 0 Å². The van der Waals surface area contributed by atoms with Crippen LogP contribution in [0.4, 0.5) is 5.69 Å². The first-order chi connectivity index (χ1) is 12.6. The molecule has 1 aromatic heterocycles. The second-order valence-corrected chi connectivity index (χ2v) is 5.82. The molecule has 0 fully saturated rings. The molecule has 0 atom stereocenters. The molecule has 1 aromatic carbocycles. The van der Waals surface area contributed by atoms with E-state index in [-0.39, 0.29) is 30.1 Å². The summed E-state index contributed by atoms with van der Waals surface area (Å²) in [7, 11) is 0. The maximum absolute atomic E-state index is 12.2. The molecule has 132 valence electrons. The number of imide groups is 1. The number of nitrogens with one attached hydrogen (secondary N) is 1. The van der Waals surface area contributed by atoms with E-state index in [1.807, 2.05) is 0 Å². The first-order valence-corrected chi connectivity index (χ1v) is 8.14. The van der Waals surface area contributed by atoms with Gasteiger partial charge in [0.1, 0.15) is 18.9 Å². The minimum Gasteiger partial charge on any atom is -0.486 e. The molecule has 3 amide bonds. The van der Waals surface area contributed by atoms with Gasteiger partial charge in [0, 0.05) is 30.9 Å². The van der Waals surface area contributed by atoms with Crippen molar-refractivity contribution < 1.29 is 23.9 Å². The SMILES string of the molecule is O=C(CCN1C(=O)c2cccnc2C1=O)Nc1ccc2c(c1)OCCO2. The minimum absolute atomic E-state index is 0.00951. The smallest absolute Gasteiger partial charge is 0.280 e. The number of amides is 3. The van der Waals surface area contributed by atoms with Crippen molar-refractivity contribution in [2.45, 2.75) is 6.42 Å². The average Bonchev–Trinajstić information content (AvgIpc) is 2.91. The van der Waals surface area contributed by atoms with Gasteiger partial charge in [-0.3, -0.25) is 24.3 Å². The maximum atomic E-state index is 12.2. The molecule has 0 spiro atoms. The Morgan fingerprint density at radius 1 is 1.12 bits per heavy atom. The number of nitrogens with zero attached hydrogens (tertiary/aromatic N) is 2. The quantitative estimate of drug-likeness (QED) is 0.836.